The molecule has 0 bridgehead atoms. The predicted octanol–water partition coefficient (Wildman–Crippen LogP) is 3.87. The lowest BCUT2D eigenvalue weighted by Crippen LogP contribution is -2.25. The number of aromatic nitrogens is 1. The Kier molecular flexibility index (Phi) is 4.53. The van der Waals surface area contributed by atoms with Crippen LogP contribution in [0.5, 0.6) is 5.75 Å². The van der Waals surface area contributed by atoms with Crippen molar-refractivity contribution in [3.8, 4) is 5.75 Å². The Morgan fingerprint density at radius 2 is 1.72 bits per heavy atom. The van der Waals surface area contributed by atoms with Crippen LogP contribution in [0.25, 0.3) is 10.9 Å². The Balaban J connectivity index is 1.62. The second kappa shape index (κ2) is 7.11. The van der Waals surface area contributed by atoms with E-state index in [9.17, 15) is 4.79 Å². The second-order valence-corrected chi connectivity index (χ2v) is 6.47. The smallest absolute Gasteiger partial charge is 0.213 e. The van der Waals surface area contributed by atoms with Gasteiger partial charge in [0.05, 0.1) is 0 Å². The standard InChI is InChI=1S/C21H22N2O2/c24-20(16-8-2-1-3-9-16)19-21(17-10-4-5-11-18(17)22-19)25-15-14-23-12-6-7-13-23/h1-5,8-11,22H,6-7,12-15H2. The fourth-order valence-electron chi connectivity index (χ4n) is 3.44. The molecular weight excluding hydrogens is 312 g/mol. The molecule has 0 spiro atoms. The zero-order valence-corrected chi connectivity index (χ0v) is 14.2. The maximum Gasteiger partial charge on any atom is 0.213 e. The highest BCUT2D eigenvalue weighted by atomic mass is 16.5. The van der Waals surface area contributed by atoms with Crippen molar-refractivity contribution in [1.82, 2.24) is 9.88 Å². The third-order valence-electron chi connectivity index (χ3n) is 4.77. The van der Waals surface area contributed by atoms with Gasteiger partial charge in [0.15, 0.2) is 5.75 Å². The van der Waals surface area contributed by atoms with Gasteiger partial charge in [-0.1, -0.05) is 42.5 Å². The molecule has 1 aliphatic rings. The number of fused-ring (bicyclic) bond motifs is 1. The monoisotopic (exact) mass is 334 g/mol. The molecule has 128 valence electrons. The van der Waals surface area contributed by atoms with E-state index in [4.69, 9.17) is 4.74 Å². The minimum atomic E-state index is -0.0343. The molecule has 0 amide bonds. The van der Waals surface area contributed by atoms with Gasteiger partial charge in [-0.25, -0.2) is 0 Å². The average molecular weight is 334 g/mol. The quantitative estimate of drug-likeness (QED) is 0.696. The molecule has 4 heteroatoms. The van der Waals surface area contributed by atoms with Crippen LogP contribution in [0.4, 0.5) is 0 Å². The van der Waals surface area contributed by atoms with Gasteiger partial charge in [0.1, 0.15) is 12.3 Å². The van der Waals surface area contributed by atoms with E-state index in [-0.39, 0.29) is 5.78 Å². The van der Waals surface area contributed by atoms with Crippen LogP contribution in [0.3, 0.4) is 0 Å². The van der Waals surface area contributed by atoms with Crippen LogP contribution in [0.2, 0.25) is 0 Å². The summed E-state index contributed by atoms with van der Waals surface area (Å²) in [6.45, 7) is 3.79. The number of ketones is 1. The summed E-state index contributed by atoms with van der Waals surface area (Å²) in [7, 11) is 0. The minimum absolute atomic E-state index is 0.0343. The lowest BCUT2D eigenvalue weighted by molar-refractivity contribution is 0.103. The molecule has 0 radical (unpaired) electrons. The van der Waals surface area contributed by atoms with Crippen molar-refractivity contribution < 1.29 is 9.53 Å². The van der Waals surface area contributed by atoms with Crippen molar-refractivity contribution in [3.05, 3.63) is 65.9 Å². The summed E-state index contributed by atoms with van der Waals surface area (Å²) < 4.78 is 6.10. The molecule has 2 heterocycles. The number of nitrogens with one attached hydrogen (secondary N) is 1. The number of hydrogen-bond acceptors (Lipinski definition) is 3. The maximum absolute atomic E-state index is 12.9. The van der Waals surface area contributed by atoms with Crippen LogP contribution in [0.15, 0.2) is 54.6 Å². The first-order chi connectivity index (χ1) is 12.3. The third kappa shape index (κ3) is 3.30. The number of ether oxygens (including phenoxy) is 1. The summed E-state index contributed by atoms with van der Waals surface area (Å²) in [5.41, 5.74) is 2.13. The summed E-state index contributed by atoms with van der Waals surface area (Å²) in [5, 5.41) is 0.961. The van der Waals surface area contributed by atoms with Gasteiger partial charge in [0, 0.05) is 23.0 Å². The van der Waals surface area contributed by atoms with Gasteiger partial charge in [-0.15, -0.1) is 0 Å². The van der Waals surface area contributed by atoms with E-state index >= 15 is 0 Å². The molecule has 1 fully saturated rings. The molecule has 25 heavy (non-hydrogen) atoms. The summed E-state index contributed by atoms with van der Waals surface area (Å²) in [6.07, 6.45) is 2.54. The Labute approximate surface area is 147 Å². The zero-order valence-electron chi connectivity index (χ0n) is 14.2. The van der Waals surface area contributed by atoms with Crippen LogP contribution in [0.1, 0.15) is 28.9 Å². The molecule has 0 saturated carbocycles. The first kappa shape index (κ1) is 15.9. The topological polar surface area (TPSA) is 45.3 Å². The largest absolute Gasteiger partial charge is 0.489 e. The summed E-state index contributed by atoms with van der Waals surface area (Å²) in [5.74, 6) is 0.636. The third-order valence-corrected chi connectivity index (χ3v) is 4.77. The Morgan fingerprint density at radius 3 is 2.52 bits per heavy atom. The summed E-state index contributed by atoms with van der Waals surface area (Å²) in [6, 6.07) is 17.2. The lowest BCUT2D eigenvalue weighted by Gasteiger charge is -2.15. The van der Waals surface area contributed by atoms with Crippen molar-refractivity contribution in [2.24, 2.45) is 0 Å². The molecule has 0 unspecified atom stereocenters. The van der Waals surface area contributed by atoms with E-state index in [1.807, 2.05) is 54.6 Å². The molecule has 1 aromatic heterocycles. The number of carbonyl (C=O) groups is 1. The van der Waals surface area contributed by atoms with Gasteiger partial charge in [-0.2, -0.15) is 0 Å². The number of hydrogen-bond donors (Lipinski definition) is 1. The molecule has 0 aliphatic carbocycles. The number of aromatic amines is 1. The molecule has 2 aromatic carbocycles. The number of likely N-dealkylation sites (tertiary alicyclic amines) is 1. The summed E-state index contributed by atoms with van der Waals surface area (Å²) >= 11 is 0. The number of benzene rings is 2. The number of nitrogens with zero attached hydrogens (tertiary/aromatic N) is 1. The van der Waals surface area contributed by atoms with E-state index in [2.05, 4.69) is 9.88 Å². The van der Waals surface area contributed by atoms with Crippen molar-refractivity contribution in [1.29, 1.82) is 0 Å². The highest BCUT2D eigenvalue weighted by Crippen LogP contribution is 2.31. The molecule has 1 N–H and O–H groups in total. The average Bonchev–Trinajstić information content (AvgIpc) is 3.30. The van der Waals surface area contributed by atoms with Crippen LogP contribution in [0, 0.1) is 0 Å². The van der Waals surface area contributed by atoms with Crippen molar-refractivity contribution >= 4 is 16.7 Å². The van der Waals surface area contributed by atoms with Crippen LogP contribution in [-0.2, 0) is 0 Å². The van der Waals surface area contributed by atoms with Crippen molar-refractivity contribution in [3.63, 3.8) is 0 Å². The fraction of sp³-hybridized carbons (Fsp3) is 0.286. The van der Waals surface area contributed by atoms with Crippen molar-refractivity contribution in [2.75, 3.05) is 26.2 Å². The molecule has 3 aromatic rings. The number of rotatable bonds is 6. The number of para-hydroxylation sites is 1. The predicted molar refractivity (Wildman–Crippen MR) is 99.3 cm³/mol. The van der Waals surface area contributed by atoms with Gasteiger partial charge in [0.2, 0.25) is 5.78 Å². The van der Waals surface area contributed by atoms with Crippen LogP contribution >= 0.6 is 0 Å². The summed E-state index contributed by atoms with van der Waals surface area (Å²) in [4.78, 5) is 18.6. The van der Waals surface area contributed by atoms with E-state index in [0.29, 0.717) is 23.6 Å². The highest BCUT2D eigenvalue weighted by Gasteiger charge is 2.21. The molecule has 1 aliphatic heterocycles. The van der Waals surface area contributed by atoms with Gasteiger partial charge < -0.3 is 9.72 Å². The second-order valence-electron chi connectivity index (χ2n) is 6.47. The Bertz CT molecular complexity index is 864. The lowest BCUT2D eigenvalue weighted by atomic mass is 10.1. The molecule has 4 rings (SSSR count). The highest BCUT2D eigenvalue weighted by molar-refractivity contribution is 6.13. The van der Waals surface area contributed by atoms with E-state index in [1.54, 1.807) is 0 Å². The Morgan fingerprint density at radius 1 is 1.00 bits per heavy atom. The van der Waals surface area contributed by atoms with Gasteiger partial charge in [-0.05, 0) is 38.1 Å². The SMILES string of the molecule is O=C(c1ccccc1)c1[nH]c2ccccc2c1OCCN1CCCC1. The maximum atomic E-state index is 12.9. The molecule has 0 atom stereocenters. The molecule has 4 nitrogen and oxygen atoms in total. The number of carbonyl (C=O) groups excluding carboxylic acids is 1. The van der Waals surface area contributed by atoms with E-state index < -0.39 is 0 Å². The van der Waals surface area contributed by atoms with Crippen molar-refractivity contribution in [2.45, 2.75) is 12.8 Å². The zero-order chi connectivity index (χ0) is 17.1. The first-order valence-corrected chi connectivity index (χ1v) is 8.88. The van der Waals surface area contributed by atoms with Gasteiger partial charge in [-0.3, -0.25) is 9.69 Å². The van der Waals surface area contributed by atoms with Crippen LogP contribution in [-0.4, -0.2) is 41.9 Å². The minimum Gasteiger partial charge on any atom is -0.489 e. The van der Waals surface area contributed by atoms with Gasteiger partial charge >= 0.3 is 0 Å². The first-order valence-electron chi connectivity index (χ1n) is 8.88. The molecular formula is C21H22N2O2. The molecule has 1 saturated heterocycles. The van der Waals surface area contributed by atoms with Crippen LogP contribution < -0.4 is 4.74 Å². The van der Waals surface area contributed by atoms with E-state index in [0.717, 1.165) is 30.5 Å². The van der Waals surface area contributed by atoms with Gasteiger partial charge in [0.25, 0.3) is 0 Å². The number of H-pyrrole nitrogens is 1. The fourth-order valence-corrected chi connectivity index (χ4v) is 3.44. The van der Waals surface area contributed by atoms with E-state index in [1.165, 1.54) is 12.8 Å². The Hall–Kier alpha value is -2.59. The normalized spacial score (nSPS) is 14.9.